The van der Waals surface area contributed by atoms with Gasteiger partial charge in [0.15, 0.2) is 0 Å². The van der Waals surface area contributed by atoms with Gasteiger partial charge >= 0.3 is 0 Å². The molecular weight excluding hydrogens is 215 g/mol. The van der Waals surface area contributed by atoms with Crippen molar-refractivity contribution >= 4 is 0 Å². The first-order chi connectivity index (χ1) is 8.24. The van der Waals surface area contributed by atoms with Crippen LogP contribution >= 0.6 is 0 Å². The van der Waals surface area contributed by atoms with Gasteiger partial charge < -0.3 is 5.73 Å². The van der Waals surface area contributed by atoms with Crippen LogP contribution in [-0.4, -0.2) is 17.5 Å². The molecule has 2 aliphatic rings. The van der Waals surface area contributed by atoms with E-state index < -0.39 is 0 Å². The van der Waals surface area contributed by atoms with Crippen LogP contribution in [0.25, 0.3) is 0 Å². The maximum Gasteiger partial charge on any atom is 0.123 e. The van der Waals surface area contributed by atoms with Gasteiger partial charge in [0, 0.05) is 25.7 Å². The molecule has 1 saturated heterocycles. The van der Waals surface area contributed by atoms with Crippen LogP contribution in [0, 0.1) is 11.7 Å². The summed E-state index contributed by atoms with van der Waals surface area (Å²) in [4.78, 5) is 2.50. The van der Waals surface area contributed by atoms with Gasteiger partial charge in [-0.25, -0.2) is 4.39 Å². The third kappa shape index (κ3) is 2.22. The SMILES string of the molecule is NCc1cc(F)cc(CN2CC3CCC2C3)c1. The molecule has 2 atom stereocenters. The average molecular weight is 234 g/mol. The first kappa shape index (κ1) is 11.2. The number of nitrogens with two attached hydrogens (primary N) is 1. The van der Waals surface area contributed by atoms with E-state index in [0.717, 1.165) is 29.6 Å². The highest BCUT2D eigenvalue weighted by Gasteiger charge is 2.37. The molecule has 0 spiro atoms. The van der Waals surface area contributed by atoms with Crippen molar-refractivity contribution in [2.75, 3.05) is 6.54 Å². The van der Waals surface area contributed by atoms with Gasteiger partial charge in [0.1, 0.15) is 5.82 Å². The molecule has 3 rings (SSSR count). The normalized spacial score (nSPS) is 27.9. The second-order valence-electron chi connectivity index (χ2n) is 5.43. The van der Waals surface area contributed by atoms with E-state index >= 15 is 0 Å². The molecule has 1 saturated carbocycles. The van der Waals surface area contributed by atoms with E-state index in [2.05, 4.69) is 4.90 Å². The fourth-order valence-electron chi connectivity index (χ4n) is 3.38. The summed E-state index contributed by atoms with van der Waals surface area (Å²) in [6.45, 7) is 2.49. The van der Waals surface area contributed by atoms with Gasteiger partial charge in [-0.15, -0.1) is 0 Å². The number of likely N-dealkylation sites (tertiary alicyclic amines) is 1. The number of hydrogen-bond acceptors (Lipinski definition) is 2. The lowest BCUT2D eigenvalue weighted by atomic mass is 10.1. The Labute approximate surface area is 102 Å². The van der Waals surface area contributed by atoms with Gasteiger partial charge in [-0.3, -0.25) is 4.90 Å². The zero-order valence-electron chi connectivity index (χ0n) is 10.0. The van der Waals surface area contributed by atoms with Crippen molar-refractivity contribution in [2.45, 2.75) is 38.4 Å². The summed E-state index contributed by atoms with van der Waals surface area (Å²) in [6.07, 6.45) is 4.06. The molecule has 0 aromatic heterocycles. The van der Waals surface area contributed by atoms with Crippen LogP contribution in [0.15, 0.2) is 18.2 Å². The molecule has 2 nitrogen and oxygen atoms in total. The highest BCUT2D eigenvalue weighted by atomic mass is 19.1. The zero-order chi connectivity index (χ0) is 11.8. The monoisotopic (exact) mass is 234 g/mol. The third-order valence-corrected chi connectivity index (χ3v) is 4.16. The lowest BCUT2D eigenvalue weighted by Crippen LogP contribution is -2.31. The molecule has 0 amide bonds. The fourth-order valence-corrected chi connectivity index (χ4v) is 3.38. The van der Waals surface area contributed by atoms with Gasteiger partial charge in [-0.05, 0) is 48.4 Å². The molecule has 17 heavy (non-hydrogen) atoms. The van der Waals surface area contributed by atoms with E-state index in [1.807, 2.05) is 6.07 Å². The van der Waals surface area contributed by atoms with E-state index in [4.69, 9.17) is 5.73 Å². The van der Waals surface area contributed by atoms with E-state index in [-0.39, 0.29) is 5.82 Å². The van der Waals surface area contributed by atoms with Crippen LogP contribution in [0.1, 0.15) is 30.4 Å². The molecule has 2 N–H and O–H groups in total. The van der Waals surface area contributed by atoms with Crippen LogP contribution < -0.4 is 5.73 Å². The van der Waals surface area contributed by atoms with Crippen LogP contribution in [-0.2, 0) is 13.1 Å². The Balaban J connectivity index is 1.74. The predicted molar refractivity (Wildman–Crippen MR) is 65.8 cm³/mol. The van der Waals surface area contributed by atoms with Crippen molar-refractivity contribution in [3.63, 3.8) is 0 Å². The standard InChI is InChI=1S/C14H19FN2/c15-13-4-11(7-16)3-12(5-13)9-17-8-10-1-2-14(17)6-10/h3-5,10,14H,1-2,6-9,16H2. The Morgan fingerprint density at radius 2 is 2.06 bits per heavy atom. The molecule has 1 aromatic rings. The maximum atomic E-state index is 13.4. The molecule has 2 unspecified atom stereocenters. The van der Waals surface area contributed by atoms with Crippen LogP contribution in [0.4, 0.5) is 4.39 Å². The van der Waals surface area contributed by atoms with Crippen molar-refractivity contribution in [3.8, 4) is 0 Å². The van der Waals surface area contributed by atoms with Gasteiger partial charge in [-0.1, -0.05) is 6.07 Å². The van der Waals surface area contributed by atoms with Crippen molar-refractivity contribution in [2.24, 2.45) is 11.7 Å². The van der Waals surface area contributed by atoms with Crippen LogP contribution in [0.2, 0.25) is 0 Å². The minimum absolute atomic E-state index is 0.160. The summed E-state index contributed by atoms with van der Waals surface area (Å²) in [5, 5.41) is 0. The summed E-state index contributed by atoms with van der Waals surface area (Å²) >= 11 is 0. The van der Waals surface area contributed by atoms with Gasteiger partial charge in [0.25, 0.3) is 0 Å². The smallest absolute Gasteiger partial charge is 0.123 e. The number of benzene rings is 1. The highest BCUT2D eigenvalue weighted by molar-refractivity contribution is 5.24. The minimum Gasteiger partial charge on any atom is -0.326 e. The second kappa shape index (κ2) is 4.39. The van der Waals surface area contributed by atoms with Crippen molar-refractivity contribution in [1.29, 1.82) is 0 Å². The van der Waals surface area contributed by atoms with Gasteiger partial charge in [0.05, 0.1) is 0 Å². The molecule has 1 aliphatic heterocycles. The van der Waals surface area contributed by atoms with E-state index in [9.17, 15) is 4.39 Å². The number of nitrogens with zero attached hydrogens (tertiary/aromatic N) is 1. The first-order valence-electron chi connectivity index (χ1n) is 6.47. The molecule has 1 heterocycles. The molecule has 0 radical (unpaired) electrons. The van der Waals surface area contributed by atoms with Crippen molar-refractivity contribution in [3.05, 3.63) is 35.1 Å². The summed E-state index contributed by atoms with van der Waals surface area (Å²) in [5.74, 6) is 0.731. The Hall–Kier alpha value is -0.930. The fraction of sp³-hybridized carbons (Fsp3) is 0.571. The summed E-state index contributed by atoms with van der Waals surface area (Å²) < 4.78 is 13.4. The Morgan fingerprint density at radius 1 is 1.24 bits per heavy atom. The van der Waals surface area contributed by atoms with E-state index in [0.29, 0.717) is 6.54 Å². The van der Waals surface area contributed by atoms with Gasteiger partial charge in [0.2, 0.25) is 0 Å². The molecule has 2 fully saturated rings. The number of piperidine rings is 1. The topological polar surface area (TPSA) is 29.3 Å². The first-order valence-corrected chi connectivity index (χ1v) is 6.47. The highest BCUT2D eigenvalue weighted by Crippen LogP contribution is 2.38. The van der Waals surface area contributed by atoms with Crippen molar-refractivity contribution in [1.82, 2.24) is 4.90 Å². The molecule has 92 valence electrons. The summed E-state index contributed by atoms with van der Waals surface area (Å²) in [6, 6.07) is 5.95. The van der Waals surface area contributed by atoms with E-state index in [1.165, 1.54) is 31.9 Å². The number of hydrogen-bond donors (Lipinski definition) is 1. The van der Waals surface area contributed by atoms with Crippen LogP contribution in [0.3, 0.4) is 0 Å². The largest absolute Gasteiger partial charge is 0.326 e. The van der Waals surface area contributed by atoms with Crippen LogP contribution in [0.5, 0.6) is 0 Å². The number of rotatable bonds is 3. The van der Waals surface area contributed by atoms with Crippen molar-refractivity contribution < 1.29 is 4.39 Å². The quantitative estimate of drug-likeness (QED) is 0.869. The molecule has 3 heteroatoms. The lowest BCUT2D eigenvalue weighted by molar-refractivity contribution is 0.205. The molecule has 1 aliphatic carbocycles. The molecule has 2 bridgehead atoms. The average Bonchev–Trinajstić information content (AvgIpc) is 2.90. The van der Waals surface area contributed by atoms with E-state index in [1.54, 1.807) is 6.07 Å². The Kier molecular flexibility index (Phi) is 2.89. The molecule has 1 aromatic carbocycles. The summed E-state index contributed by atoms with van der Waals surface area (Å²) in [5.41, 5.74) is 7.54. The zero-order valence-corrected chi connectivity index (χ0v) is 10.0. The number of halogens is 1. The molecular formula is C14H19FN2. The minimum atomic E-state index is -0.160. The predicted octanol–water partition coefficient (Wildman–Crippen LogP) is 2.27. The third-order valence-electron chi connectivity index (χ3n) is 4.16. The second-order valence-corrected chi connectivity index (χ2v) is 5.43. The maximum absolute atomic E-state index is 13.4. The Morgan fingerprint density at radius 3 is 2.71 bits per heavy atom. The lowest BCUT2D eigenvalue weighted by Gasteiger charge is -2.26. The van der Waals surface area contributed by atoms with Gasteiger partial charge in [-0.2, -0.15) is 0 Å². The summed E-state index contributed by atoms with van der Waals surface area (Å²) in [7, 11) is 0. The number of fused-ring (bicyclic) bond motifs is 2. The Bertz CT molecular complexity index is 419.